The number of anilines is 1. The van der Waals surface area contributed by atoms with Crippen LogP contribution in [0.2, 0.25) is 0 Å². The first kappa shape index (κ1) is 31.1. The Balaban J connectivity index is 2.04. The Bertz CT molecular complexity index is 1490. The highest BCUT2D eigenvalue weighted by molar-refractivity contribution is 7.98. The molecule has 0 saturated heterocycles. The number of hydrogen-bond donors (Lipinski definition) is 2. The van der Waals surface area contributed by atoms with Crippen LogP contribution in [0.15, 0.2) is 66.7 Å². The first-order chi connectivity index (χ1) is 19.6. The van der Waals surface area contributed by atoms with E-state index in [-0.39, 0.29) is 6.42 Å². The number of nitrogens with zero attached hydrogens (tertiary/aromatic N) is 2. The first-order valence-electron chi connectivity index (χ1n) is 13.1. The van der Waals surface area contributed by atoms with Gasteiger partial charge in [0.05, 0.1) is 6.07 Å². The number of fused-ring (bicyclic) bond motifs is 1. The lowest BCUT2D eigenvalue weighted by molar-refractivity contribution is -0.140. The van der Waals surface area contributed by atoms with Crippen LogP contribution in [0, 0.1) is 23.7 Å². The van der Waals surface area contributed by atoms with Crippen LogP contribution in [0.25, 0.3) is 10.8 Å². The summed E-state index contributed by atoms with van der Waals surface area (Å²) in [6, 6.07) is 19.7. The molecule has 0 aliphatic heterocycles. The molecule has 2 unspecified atom stereocenters. The minimum atomic E-state index is -1.25. The molecule has 212 valence electrons. The third-order valence-electron chi connectivity index (χ3n) is 6.11. The van der Waals surface area contributed by atoms with Crippen molar-refractivity contribution < 1.29 is 19.1 Å². The Morgan fingerprint density at radius 2 is 1.73 bits per heavy atom. The highest BCUT2D eigenvalue weighted by Gasteiger charge is 2.37. The second kappa shape index (κ2) is 14.2. The maximum absolute atomic E-state index is 14.1. The van der Waals surface area contributed by atoms with Crippen LogP contribution in [0.5, 0.6) is 0 Å². The largest absolute Gasteiger partial charge is 0.444 e. The third kappa shape index (κ3) is 8.51. The average molecular weight is 571 g/mol. The van der Waals surface area contributed by atoms with Crippen LogP contribution in [0.1, 0.15) is 44.4 Å². The van der Waals surface area contributed by atoms with Gasteiger partial charge in [0.2, 0.25) is 5.91 Å². The zero-order valence-corrected chi connectivity index (χ0v) is 24.5. The van der Waals surface area contributed by atoms with Crippen molar-refractivity contribution in [2.75, 3.05) is 23.9 Å². The summed E-state index contributed by atoms with van der Waals surface area (Å²) in [5, 5.41) is 17.2. The molecule has 0 heterocycles. The number of amides is 3. The fourth-order valence-corrected chi connectivity index (χ4v) is 4.78. The SMILES string of the molecule is C#Cc1ccccc1C(C(=O)Nc1ccc2ccccc2c1)N(CC#N)C(=O)C(CCSC)NC(=O)OC(C)(C)C. The Labute approximate surface area is 245 Å². The molecule has 0 spiro atoms. The Morgan fingerprint density at radius 1 is 1.05 bits per heavy atom. The highest BCUT2D eigenvalue weighted by Crippen LogP contribution is 2.28. The second-order valence-electron chi connectivity index (χ2n) is 10.3. The van der Waals surface area contributed by atoms with Gasteiger partial charge < -0.3 is 20.3 Å². The fourth-order valence-electron chi connectivity index (χ4n) is 4.31. The van der Waals surface area contributed by atoms with Crippen molar-refractivity contribution >= 4 is 46.1 Å². The molecule has 0 aliphatic carbocycles. The van der Waals surface area contributed by atoms with E-state index in [0.29, 0.717) is 22.6 Å². The van der Waals surface area contributed by atoms with Gasteiger partial charge in [0, 0.05) is 11.3 Å². The molecule has 3 aromatic carbocycles. The molecule has 2 atom stereocenters. The fraction of sp³-hybridized carbons (Fsp3) is 0.312. The molecule has 8 nitrogen and oxygen atoms in total. The molecular formula is C32H34N4O4S. The topological polar surface area (TPSA) is 112 Å². The van der Waals surface area contributed by atoms with Gasteiger partial charge in [-0.15, -0.1) is 6.42 Å². The van der Waals surface area contributed by atoms with Crippen molar-refractivity contribution in [1.82, 2.24) is 10.2 Å². The number of rotatable bonds is 10. The standard InChI is InChI=1S/C32H34N4O4S/c1-6-22-11-9-10-14-26(22)28(29(37)34-25-16-15-23-12-7-8-13-24(23)21-25)36(19-18-33)30(38)27(17-20-41-5)35-31(39)40-32(2,3)4/h1,7-16,21,27-28H,17,19-20H2,2-5H3,(H,34,37)(H,35,39). The number of carbonyl (C=O) groups is 3. The molecule has 0 radical (unpaired) electrons. The molecule has 0 saturated carbocycles. The second-order valence-corrected chi connectivity index (χ2v) is 11.3. The zero-order valence-electron chi connectivity index (χ0n) is 23.6. The monoisotopic (exact) mass is 570 g/mol. The van der Waals surface area contributed by atoms with Crippen LogP contribution < -0.4 is 10.6 Å². The van der Waals surface area contributed by atoms with Gasteiger partial charge in [-0.2, -0.15) is 17.0 Å². The molecule has 0 aliphatic rings. The van der Waals surface area contributed by atoms with E-state index in [1.807, 2.05) is 48.7 Å². The van der Waals surface area contributed by atoms with Crippen LogP contribution in [0.3, 0.4) is 0 Å². The van der Waals surface area contributed by atoms with E-state index in [1.165, 1.54) is 11.8 Å². The van der Waals surface area contributed by atoms with E-state index in [1.54, 1.807) is 51.1 Å². The molecule has 0 fully saturated rings. The summed E-state index contributed by atoms with van der Waals surface area (Å²) in [4.78, 5) is 41.9. The van der Waals surface area contributed by atoms with E-state index < -0.39 is 42.1 Å². The minimum Gasteiger partial charge on any atom is -0.444 e. The van der Waals surface area contributed by atoms with Crippen molar-refractivity contribution in [2.45, 2.75) is 44.9 Å². The number of hydrogen-bond acceptors (Lipinski definition) is 6. The predicted octanol–water partition coefficient (Wildman–Crippen LogP) is 5.50. The van der Waals surface area contributed by atoms with E-state index in [0.717, 1.165) is 15.7 Å². The van der Waals surface area contributed by atoms with Gasteiger partial charge in [0.1, 0.15) is 24.2 Å². The van der Waals surface area contributed by atoms with Crippen LogP contribution >= 0.6 is 11.8 Å². The van der Waals surface area contributed by atoms with Gasteiger partial charge in [0.25, 0.3) is 5.91 Å². The summed E-state index contributed by atoms with van der Waals surface area (Å²) in [5.41, 5.74) is 0.532. The zero-order chi connectivity index (χ0) is 30.0. The smallest absolute Gasteiger partial charge is 0.408 e. The van der Waals surface area contributed by atoms with Gasteiger partial charge in [-0.3, -0.25) is 9.59 Å². The van der Waals surface area contributed by atoms with E-state index in [2.05, 4.69) is 16.6 Å². The summed E-state index contributed by atoms with van der Waals surface area (Å²) in [6.45, 7) is 4.74. The molecule has 3 aromatic rings. The van der Waals surface area contributed by atoms with Crippen molar-refractivity contribution in [3.63, 3.8) is 0 Å². The molecular weight excluding hydrogens is 536 g/mol. The summed E-state index contributed by atoms with van der Waals surface area (Å²) in [7, 11) is 0. The molecule has 9 heteroatoms. The summed E-state index contributed by atoms with van der Waals surface area (Å²) in [5.74, 6) is 1.98. The van der Waals surface area contributed by atoms with Crippen LogP contribution in [0.4, 0.5) is 10.5 Å². The van der Waals surface area contributed by atoms with Gasteiger partial charge >= 0.3 is 6.09 Å². The Kier molecular flexibility index (Phi) is 10.8. The molecule has 0 aromatic heterocycles. The lowest BCUT2D eigenvalue weighted by Crippen LogP contribution is -2.52. The maximum Gasteiger partial charge on any atom is 0.408 e. The van der Waals surface area contributed by atoms with E-state index in [9.17, 15) is 19.6 Å². The van der Waals surface area contributed by atoms with Crippen LogP contribution in [-0.2, 0) is 14.3 Å². The average Bonchev–Trinajstić information content (AvgIpc) is 2.93. The van der Waals surface area contributed by atoms with Gasteiger partial charge in [-0.1, -0.05) is 54.5 Å². The number of nitriles is 1. The number of ether oxygens (including phenoxy) is 1. The summed E-state index contributed by atoms with van der Waals surface area (Å²) in [6.07, 6.45) is 7.15. The number of terminal acetylenes is 1. The number of alkyl carbamates (subject to hydrolysis) is 1. The molecule has 41 heavy (non-hydrogen) atoms. The Morgan fingerprint density at radius 3 is 2.39 bits per heavy atom. The lowest BCUT2D eigenvalue weighted by Gasteiger charge is -2.33. The van der Waals surface area contributed by atoms with Crippen molar-refractivity contribution in [3.05, 3.63) is 77.9 Å². The normalized spacial score (nSPS) is 12.3. The van der Waals surface area contributed by atoms with Crippen molar-refractivity contribution in [3.8, 4) is 18.4 Å². The van der Waals surface area contributed by atoms with Gasteiger partial charge in [0.15, 0.2) is 0 Å². The van der Waals surface area contributed by atoms with Gasteiger partial charge in [-0.25, -0.2) is 4.79 Å². The van der Waals surface area contributed by atoms with Gasteiger partial charge in [-0.05, 0) is 73.7 Å². The maximum atomic E-state index is 14.1. The molecule has 0 bridgehead atoms. The lowest BCUT2D eigenvalue weighted by atomic mass is 9.97. The highest BCUT2D eigenvalue weighted by atomic mass is 32.2. The third-order valence-corrected chi connectivity index (χ3v) is 6.76. The predicted molar refractivity (Wildman–Crippen MR) is 163 cm³/mol. The molecule has 3 amide bonds. The number of thioether (sulfide) groups is 1. The summed E-state index contributed by atoms with van der Waals surface area (Å²) >= 11 is 1.50. The number of benzene rings is 3. The van der Waals surface area contributed by atoms with Crippen LogP contribution in [-0.4, -0.2) is 53.0 Å². The first-order valence-corrected chi connectivity index (χ1v) is 14.5. The van der Waals surface area contributed by atoms with E-state index in [4.69, 9.17) is 11.2 Å². The van der Waals surface area contributed by atoms with Crippen molar-refractivity contribution in [2.24, 2.45) is 0 Å². The van der Waals surface area contributed by atoms with E-state index >= 15 is 0 Å². The minimum absolute atomic E-state index is 0.261. The molecule has 2 N–H and O–H groups in total. The molecule has 3 rings (SSSR count). The number of carbonyl (C=O) groups excluding carboxylic acids is 3. The van der Waals surface area contributed by atoms with Crippen molar-refractivity contribution in [1.29, 1.82) is 5.26 Å². The number of nitrogens with one attached hydrogen (secondary N) is 2. The quantitative estimate of drug-likeness (QED) is 0.246. The summed E-state index contributed by atoms with van der Waals surface area (Å²) < 4.78 is 5.38. The Hall–Kier alpha value is -4.47.